The van der Waals surface area contributed by atoms with Crippen LogP contribution in [0.4, 0.5) is 10.6 Å². The summed E-state index contributed by atoms with van der Waals surface area (Å²) in [6.45, 7) is 14.8. The number of aliphatic imine (C=N–C) groups is 1. The average molecular weight is 574 g/mol. The van der Waals surface area contributed by atoms with Gasteiger partial charge in [0.1, 0.15) is 11.4 Å². The third-order valence-corrected chi connectivity index (χ3v) is 5.59. The fourth-order valence-corrected chi connectivity index (χ4v) is 3.87. The van der Waals surface area contributed by atoms with Gasteiger partial charge < -0.3 is 30.1 Å². The van der Waals surface area contributed by atoms with Crippen molar-refractivity contribution in [2.45, 2.75) is 52.3 Å². The number of rotatable bonds is 5. The Morgan fingerprint density at radius 2 is 1.94 bits per heavy atom. The van der Waals surface area contributed by atoms with E-state index in [4.69, 9.17) is 9.73 Å². The van der Waals surface area contributed by atoms with Crippen LogP contribution in [0.25, 0.3) is 0 Å². The number of likely N-dealkylation sites (tertiary alicyclic amines) is 1. The van der Waals surface area contributed by atoms with E-state index < -0.39 is 5.60 Å². The van der Waals surface area contributed by atoms with E-state index in [1.807, 2.05) is 27.0 Å². The van der Waals surface area contributed by atoms with Crippen molar-refractivity contribution in [1.29, 1.82) is 0 Å². The van der Waals surface area contributed by atoms with Crippen LogP contribution in [0, 0.1) is 0 Å². The summed E-state index contributed by atoms with van der Waals surface area (Å²) < 4.78 is 5.38. The Hall–Kier alpha value is -1.82. The van der Waals surface area contributed by atoms with E-state index in [9.17, 15) is 4.79 Å². The Balaban J connectivity index is 0.00000385. The minimum atomic E-state index is -0.493. The Labute approximate surface area is 215 Å². The predicted octanol–water partition coefficient (Wildman–Crippen LogP) is 2.52. The van der Waals surface area contributed by atoms with E-state index in [2.05, 4.69) is 56.4 Å². The van der Waals surface area contributed by atoms with Crippen molar-refractivity contribution in [2.24, 2.45) is 4.99 Å². The first-order valence-electron chi connectivity index (χ1n) is 11.6. The van der Waals surface area contributed by atoms with E-state index in [1.165, 1.54) is 0 Å². The van der Waals surface area contributed by atoms with Crippen molar-refractivity contribution in [3.8, 4) is 0 Å². The van der Waals surface area contributed by atoms with Crippen LogP contribution in [-0.4, -0.2) is 91.3 Å². The maximum atomic E-state index is 12.1. The van der Waals surface area contributed by atoms with E-state index in [0.717, 1.165) is 63.0 Å². The molecule has 1 aromatic rings. The summed E-state index contributed by atoms with van der Waals surface area (Å²) in [7, 11) is 2.16. The van der Waals surface area contributed by atoms with Gasteiger partial charge in [-0.3, -0.25) is 0 Å². The minimum Gasteiger partial charge on any atom is -0.444 e. The van der Waals surface area contributed by atoms with Gasteiger partial charge in [0, 0.05) is 52.0 Å². The van der Waals surface area contributed by atoms with Gasteiger partial charge in [-0.05, 0) is 52.8 Å². The smallest absolute Gasteiger partial charge is 0.407 e. The molecule has 10 heteroatoms. The Kier molecular flexibility index (Phi) is 10.5. The summed E-state index contributed by atoms with van der Waals surface area (Å²) in [6, 6.07) is 4.27. The number of hydrogen-bond donors (Lipinski definition) is 2. The molecule has 1 unspecified atom stereocenters. The zero-order valence-electron chi connectivity index (χ0n) is 20.6. The number of hydrogen-bond acceptors (Lipinski definition) is 6. The maximum Gasteiger partial charge on any atom is 0.407 e. The number of ether oxygens (including phenoxy) is 1. The van der Waals surface area contributed by atoms with Gasteiger partial charge in [0.2, 0.25) is 0 Å². The van der Waals surface area contributed by atoms with Gasteiger partial charge in [0.25, 0.3) is 0 Å². The zero-order chi connectivity index (χ0) is 23.1. The highest BCUT2D eigenvalue weighted by Gasteiger charge is 2.27. The highest BCUT2D eigenvalue weighted by Crippen LogP contribution is 2.15. The molecule has 0 aliphatic carbocycles. The number of alkyl carbamates (subject to hydrolysis) is 1. The molecule has 3 heterocycles. The van der Waals surface area contributed by atoms with Crippen molar-refractivity contribution >= 4 is 41.8 Å². The van der Waals surface area contributed by atoms with Gasteiger partial charge in [-0.2, -0.15) is 0 Å². The van der Waals surface area contributed by atoms with E-state index in [0.29, 0.717) is 13.1 Å². The summed E-state index contributed by atoms with van der Waals surface area (Å²) >= 11 is 0. The number of nitrogens with zero attached hydrogens (tertiary/aromatic N) is 5. The fraction of sp³-hybridized carbons (Fsp3) is 0.696. The first-order valence-corrected chi connectivity index (χ1v) is 11.6. The number of aromatic nitrogens is 1. The molecule has 0 aromatic carbocycles. The summed E-state index contributed by atoms with van der Waals surface area (Å²) in [4.78, 5) is 28.4. The highest BCUT2D eigenvalue weighted by molar-refractivity contribution is 14.0. The maximum absolute atomic E-state index is 12.1. The third-order valence-electron chi connectivity index (χ3n) is 5.59. The van der Waals surface area contributed by atoms with Crippen LogP contribution < -0.4 is 15.5 Å². The molecule has 9 nitrogen and oxygen atoms in total. The van der Waals surface area contributed by atoms with Gasteiger partial charge in [0.15, 0.2) is 5.96 Å². The number of halogens is 1. The Morgan fingerprint density at radius 3 is 2.55 bits per heavy atom. The Morgan fingerprint density at radius 1 is 1.21 bits per heavy atom. The molecule has 2 fully saturated rings. The summed E-state index contributed by atoms with van der Waals surface area (Å²) in [5.41, 5.74) is 0.591. The molecule has 3 rings (SSSR count). The van der Waals surface area contributed by atoms with Crippen LogP contribution in [0.1, 0.15) is 39.7 Å². The van der Waals surface area contributed by atoms with Crippen molar-refractivity contribution in [3.63, 3.8) is 0 Å². The van der Waals surface area contributed by atoms with Crippen LogP contribution in [-0.2, 0) is 11.3 Å². The lowest BCUT2D eigenvalue weighted by Gasteiger charge is -2.33. The number of carbonyl (C=O) groups is 1. The van der Waals surface area contributed by atoms with E-state index >= 15 is 0 Å². The molecule has 0 bridgehead atoms. The van der Waals surface area contributed by atoms with Crippen molar-refractivity contribution in [3.05, 3.63) is 23.9 Å². The molecule has 2 N–H and O–H groups in total. The number of pyridine rings is 1. The van der Waals surface area contributed by atoms with E-state index in [1.54, 1.807) is 0 Å². The molecule has 0 saturated carbocycles. The molecular weight excluding hydrogens is 533 g/mol. The SMILES string of the molecule is CCNC(=NCc1ccc(N2CCN(C)CC2)nc1)N1CCC(NC(=O)OC(C)(C)C)C1.I. The second-order valence-electron chi connectivity index (χ2n) is 9.56. The van der Waals surface area contributed by atoms with Gasteiger partial charge in [-0.1, -0.05) is 6.07 Å². The van der Waals surface area contributed by atoms with Gasteiger partial charge in [-0.15, -0.1) is 24.0 Å². The highest BCUT2D eigenvalue weighted by atomic mass is 127. The molecule has 33 heavy (non-hydrogen) atoms. The first-order chi connectivity index (χ1) is 15.2. The van der Waals surface area contributed by atoms with Gasteiger partial charge >= 0.3 is 6.09 Å². The number of piperazine rings is 1. The number of amides is 1. The first kappa shape index (κ1) is 27.4. The standard InChI is InChI=1S/C23H39N7O2.HI/c1-6-24-21(30-10-9-19(17-30)27-22(31)32-23(2,3)4)26-16-18-7-8-20(25-15-18)29-13-11-28(5)12-14-29;/h7-8,15,19H,6,9-14,16-17H2,1-5H3,(H,24,26)(H,27,31);1H. The number of guanidine groups is 1. The summed E-state index contributed by atoms with van der Waals surface area (Å²) in [5, 5.41) is 6.35. The molecular formula is C23H40IN7O2. The average Bonchev–Trinajstić information content (AvgIpc) is 3.19. The second kappa shape index (κ2) is 12.6. The lowest BCUT2D eigenvalue weighted by molar-refractivity contribution is 0.0507. The van der Waals surface area contributed by atoms with Crippen molar-refractivity contribution < 1.29 is 9.53 Å². The predicted molar refractivity (Wildman–Crippen MR) is 144 cm³/mol. The molecule has 2 aliphatic rings. The van der Waals surface area contributed by atoms with Crippen LogP contribution in [0.15, 0.2) is 23.3 Å². The van der Waals surface area contributed by atoms with Gasteiger partial charge in [-0.25, -0.2) is 14.8 Å². The van der Waals surface area contributed by atoms with Crippen LogP contribution in [0.5, 0.6) is 0 Å². The molecule has 186 valence electrons. The number of anilines is 1. The second-order valence-corrected chi connectivity index (χ2v) is 9.56. The fourth-order valence-electron chi connectivity index (χ4n) is 3.87. The molecule has 0 spiro atoms. The molecule has 0 radical (unpaired) electrons. The number of nitrogens with one attached hydrogen (secondary N) is 2. The minimum absolute atomic E-state index is 0. The molecule has 1 atom stereocenters. The zero-order valence-corrected chi connectivity index (χ0v) is 23.0. The van der Waals surface area contributed by atoms with Crippen molar-refractivity contribution in [1.82, 2.24) is 25.4 Å². The number of likely N-dealkylation sites (N-methyl/N-ethyl adjacent to an activating group) is 1. The molecule has 2 saturated heterocycles. The quantitative estimate of drug-likeness (QED) is 0.318. The Bertz CT molecular complexity index is 774. The van der Waals surface area contributed by atoms with Crippen LogP contribution in [0.2, 0.25) is 0 Å². The van der Waals surface area contributed by atoms with Gasteiger partial charge in [0.05, 0.1) is 12.6 Å². The largest absolute Gasteiger partial charge is 0.444 e. The lowest BCUT2D eigenvalue weighted by Crippen LogP contribution is -2.44. The van der Waals surface area contributed by atoms with Crippen LogP contribution in [0.3, 0.4) is 0 Å². The third kappa shape index (κ3) is 8.80. The summed E-state index contributed by atoms with van der Waals surface area (Å²) in [6.07, 6.45) is 2.43. The molecule has 1 amide bonds. The van der Waals surface area contributed by atoms with Crippen molar-refractivity contribution in [2.75, 3.05) is 57.8 Å². The molecule has 2 aliphatic heterocycles. The summed E-state index contributed by atoms with van der Waals surface area (Å²) in [5.74, 6) is 1.90. The topological polar surface area (TPSA) is 85.3 Å². The van der Waals surface area contributed by atoms with Crippen LogP contribution >= 0.6 is 24.0 Å². The number of carbonyl (C=O) groups excluding carboxylic acids is 1. The molecule has 1 aromatic heterocycles. The normalized spacial score (nSPS) is 19.8. The lowest BCUT2D eigenvalue weighted by atomic mass is 10.2. The van der Waals surface area contributed by atoms with E-state index in [-0.39, 0.29) is 36.1 Å². The monoisotopic (exact) mass is 573 g/mol.